The third-order valence-electron chi connectivity index (χ3n) is 2.53. The molecular weight excluding hydrogens is 241 g/mol. The number of imidazole rings is 1. The van der Waals surface area contributed by atoms with Gasteiger partial charge in [-0.3, -0.25) is 0 Å². The van der Waals surface area contributed by atoms with E-state index in [1.165, 1.54) is 6.07 Å². The van der Waals surface area contributed by atoms with Gasteiger partial charge < -0.3 is 9.88 Å². The van der Waals surface area contributed by atoms with Gasteiger partial charge in [-0.2, -0.15) is 0 Å². The fraction of sp³-hybridized carbons (Fsp3) is 0.250. The van der Waals surface area contributed by atoms with Crippen LogP contribution in [0, 0.1) is 12.7 Å². The second kappa shape index (κ2) is 5.19. The SMILES string of the molecule is Cc1nccn1CCNc1ccc(F)c(Cl)c1. The molecule has 0 atom stereocenters. The van der Waals surface area contributed by atoms with Crippen LogP contribution in [-0.4, -0.2) is 16.1 Å². The van der Waals surface area contributed by atoms with Crippen LogP contribution in [0.15, 0.2) is 30.6 Å². The molecule has 0 saturated heterocycles. The van der Waals surface area contributed by atoms with Crippen molar-refractivity contribution in [3.05, 3.63) is 47.3 Å². The molecule has 0 radical (unpaired) electrons. The van der Waals surface area contributed by atoms with Gasteiger partial charge in [0.1, 0.15) is 11.6 Å². The van der Waals surface area contributed by atoms with Crippen molar-refractivity contribution in [2.75, 3.05) is 11.9 Å². The van der Waals surface area contributed by atoms with Crippen molar-refractivity contribution in [1.82, 2.24) is 9.55 Å². The molecule has 0 aliphatic heterocycles. The van der Waals surface area contributed by atoms with Gasteiger partial charge in [-0.25, -0.2) is 9.37 Å². The molecule has 0 unspecified atom stereocenters. The van der Waals surface area contributed by atoms with Gasteiger partial charge in [-0.15, -0.1) is 0 Å². The summed E-state index contributed by atoms with van der Waals surface area (Å²) in [6, 6.07) is 4.60. The minimum atomic E-state index is -0.400. The Morgan fingerprint density at radius 3 is 2.94 bits per heavy atom. The summed E-state index contributed by atoms with van der Waals surface area (Å²) < 4.78 is 15.0. The minimum Gasteiger partial charge on any atom is -0.383 e. The summed E-state index contributed by atoms with van der Waals surface area (Å²) in [7, 11) is 0. The summed E-state index contributed by atoms with van der Waals surface area (Å²) >= 11 is 5.69. The second-order valence-corrected chi connectivity index (χ2v) is 4.13. The van der Waals surface area contributed by atoms with Gasteiger partial charge in [0.15, 0.2) is 0 Å². The average Bonchev–Trinajstić information content (AvgIpc) is 2.70. The highest BCUT2D eigenvalue weighted by Gasteiger charge is 2.00. The Hall–Kier alpha value is -1.55. The fourth-order valence-electron chi connectivity index (χ4n) is 1.57. The Balaban J connectivity index is 1.90. The number of anilines is 1. The monoisotopic (exact) mass is 253 g/mol. The highest BCUT2D eigenvalue weighted by molar-refractivity contribution is 6.31. The van der Waals surface area contributed by atoms with Gasteiger partial charge in [-0.05, 0) is 25.1 Å². The van der Waals surface area contributed by atoms with Crippen molar-refractivity contribution in [3.8, 4) is 0 Å². The molecule has 5 heteroatoms. The van der Waals surface area contributed by atoms with E-state index in [9.17, 15) is 4.39 Å². The summed E-state index contributed by atoms with van der Waals surface area (Å²) in [5, 5.41) is 3.31. The standard InChI is InChI=1S/C12H13ClFN3/c1-9-15-4-6-17(9)7-5-16-10-2-3-12(14)11(13)8-10/h2-4,6,8,16H,5,7H2,1H3. The van der Waals surface area contributed by atoms with Crippen molar-refractivity contribution in [2.24, 2.45) is 0 Å². The molecule has 2 aromatic rings. The van der Waals surface area contributed by atoms with Crippen molar-refractivity contribution < 1.29 is 4.39 Å². The number of aromatic nitrogens is 2. The molecule has 1 heterocycles. The lowest BCUT2D eigenvalue weighted by Crippen LogP contribution is -2.11. The van der Waals surface area contributed by atoms with Crippen molar-refractivity contribution in [3.63, 3.8) is 0 Å². The Kier molecular flexibility index (Phi) is 3.64. The molecule has 0 aliphatic rings. The summed E-state index contributed by atoms with van der Waals surface area (Å²) in [6.45, 7) is 3.49. The zero-order valence-electron chi connectivity index (χ0n) is 9.45. The van der Waals surface area contributed by atoms with Gasteiger partial charge >= 0.3 is 0 Å². The van der Waals surface area contributed by atoms with Crippen LogP contribution >= 0.6 is 11.6 Å². The lowest BCUT2D eigenvalue weighted by Gasteiger charge is -2.08. The fourth-order valence-corrected chi connectivity index (χ4v) is 1.75. The molecule has 1 aromatic carbocycles. The van der Waals surface area contributed by atoms with Crippen molar-refractivity contribution in [2.45, 2.75) is 13.5 Å². The smallest absolute Gasteiger partial charge is 0.141 e. The molecule has 0 aliphatic carbocycles. The molecule has 0 amide bonds. The van der Waals surface area contributed by atoms with Gasteiger partial charge in [0.05, 0.1) is 5.02 Å². The quantitative estimate of drug-likeness (QED) is 0.908. The lowest BCUT2D eigenvalue weighted by atomic mass is 10.3. The van der Waals surface area contributed by atoms with E-state index in [0.717, 1.165) is 24.6 Å². The number of hydrogen-bond donors (Lipinski definition) is 1. The number of benzene rings is 1. The molecule has 17 heavy (non-hydrogen) atoms. The number of aryl methyl sites for hydroxylation is 1. The van der Waals surface area contributed by atoms with E-state index >= 15 is 0 Å². The van der Waals surface area contributed by atoms with Crippen molar-refractivity contribution in [1.29, 1.82) is 0 Å². The summed E-state index contributed by atoms with van der Waals surface area (Å²) in [5.74, 6) is 0.576. The van der Waals surface area contributed by atoms with Crippen LogP contribution in [0.3, 0.4) is 0 Å². The summed E-state index contributed by atoms with van der Waals surface area (Å²) in [4.78, 5) is 4.13. The van der Waals surface area contributed by atoms with E-state index in [-0.39, 0.29) is 5.02 Å². The third kappa shape index (κ3) is 2.97. The lowest BCUT2D eigenvalue weighted by molar-refractivity contribution is 0.628. The highest BCUT2D eigenvalue weighted by Crippen LogP contribution is 2.19. The molecule has 90 valence electrons. The maximum atomic E-state index is 12.9. The largest absolute Gasteiger partial charge is 0.383 e. The average molecular weight is 254 g/mol. The maximum Gasteiger partial charge on any atom is 0.141 e. The molecule has 0 saturated carbocycles. The zero-order valence-corrected chi connectivity index (χ0v) is 10.2. The second-order valence-electron chi connectivity index (χ2n) is 3.72. The maximum absolute atomic E-state index is 12.9. The molecule has 1 aromatic heterocycles. The molecule has 0 fully saturated rings. The predicted octanol–water partition coefficient (Wildman–Crippen LogP) is 3.10. The first-order valence-electron chi connectivity index (χ1n) is 5.33. The minimum absolute atomic E-state index is 0.133. The van der Waals surface area contributed by atoms with Crippen LogP contribution in [0.25, 0.3) is 0 Å². The predicted molar refractivity (Wildman–Crippen MR) is 66.9 cm³/mol. The van der Waals surface area contributed by atoms with Crippen molar-refractivity contribution >= 4 is 17.3 Å². The molecule has 0 spiro atoms. The molecule has 1 N–H and O–H groups in total. The number of hydrogen-bond acceptors (Lipinski definition) is 2. The Morgan fingerprint density at radius 2 is 2.29 bits per heavy atom. The molecule has 2 rings (SSSR count). The van der Waals surface area contributed by atoms with Crippen LogP contribution in [0.4, 0.5) is 10.1 Å². The summed E-state index contributed by atoms with van der Waals surface area (Å²) in [6.07, 6.45) is 3.69. The first-order valence-corrected chi connectivity index (χ1v) is 5.71. The molecule has 3 nitrogen and oxygen atoms in total. The van der Waals surface area contributed by atoms with E-state index in [2.05, 4.69) is 10.3 Å². The van der Waals surface area contributed by atoms with Crippen LogP contribution in [0.2, 0.25) is 5.02 Å². The van der Waals surface area contributed by atoms with Crippen LogP contribution in [-0.2, 0) is 6.54 Å². The van der Waals surface area contributed by atoms with E-state index in [0.29, 0.717) is 0 Å². The normalized spacial score (nSPS) is 10.5. The Labute approximate surface area is 104 Å². The van der Waals surface area contributed by atoms with E-state index in [1.54, 1.807) is 18.3 Å². The zero-order chi connectivity index (χ0) is 12.3. The number of halogens is 2. The first-order chi connectivity index (χ1) is 8.16. The van der Waals surface area contributed by atoms with Gasteiger partial charge in [0.2, 0.25) is 0 Å². The first kappa shape index (κ1) is 11.9. The Bertz CT molecular complexity index is 510. The number of nitrogens with one attached hydrogen (secondary N) is 1. The van der Waals surface area contributed by atoms with Crippen LogP contribution in [0.1, 0.15) is 5.82 Å². The molecular formula is C12H13ClFN3. The van der Waals surface area contributed by atoms with E-state index in [4.69, 9.17) is 11.6 Å². The van der Waals surface area contributed by atoms with Crippen LogP contribution in [0.5, 0.6) is 0 Å². The summed E-state index contributed by atoms with van der Waals surface area (Å²) in [5.41, 5.74) is 0.814. The molecule has 0 bridgehead atoms. The number of rotatable bonds is 4. The van der Waals surface area contributed by atoms with Gasteiger partial charge in [-0.1, -0.05) is 11.6 Å². The third-order valence-corrected chi connectivity index (χ3v) is 2.81. The van der Waals surface area contributed by atoms with Gasteiger partial charge in [0, 0.05) is 31.2 Å². The van der Waals surface area contributed by atoms with Crippen LogP contribution < -0.4 is 5.32 Å². The topological polar surface area (TPSA) is 29.9 Å². The van der Waals surface area contributed by atoms with Gasteiger partial charge in [0.25, 0.3) is 0 Å². The highest BCUT2D eigenvalue weighted by atomic mass is 35.5. The Morgan fingerprint density at radius 1 is 1.47 bits per heavy atom. The number of nitrogens with zero attached hydrogens (tertiary/aromatic N) is 2. The van der Waals surface area contributed by atoms with E-state index in [1.807, 2.05) is 17.7 Å². The van der Waals surface area contributed by atoms with E-state index < -0.39 is 5.82 Å².